The van der Waals surface area contributed by atoms with Crippen molar-refractivity contribution in [3.63, 3.8) is 0 Å². The molecule has 0 bridgehead atoms. The number of halogens is 1. The zero-order valence-corrected chi connectivity index (χ0v) is 15.7. The highest BCUT2D eigenvalue weighted by Gasteiger charge is 2.53. The first-order chi connectivity index (χ1) is 13.1. The number of nitrogens with zero attached hydrogens (tertiary/aromatic N) is 1. The highest BCUT2D eigenvalue weighted by atomic mass is 32.2. The Kier molecular flexibility index (Phi) is 5.27. The first-order valence-corrected chi connectivity index (χ1v) is 9.24. The summed E-state index contributed by atoms with van der Waals surface area (Å²) in [4.78, 5) is 29.1. The van der Waals surface area contributed by atoms with Crippen molar-refractivity contribution in [2.45, 2.75) is 34.7 Å². The first kappa shape index (κ1) is 20.0. The average Bonchev–Trinajstić information content (AvgIpc) is 2.64. The third-order valence-electron chi connectivity index (χ3n) is 4.79. The highest BCUT2D eigenvalue weighted by molar-refractivity contribution is 7.99. The molecule has 3 unspecified atom stereocenters. The van der Waals surface area contributed by atoms with Gasteiger partial charge in [-0.25, -0.2) is 9.18 Å². The van der Waals surface area contributed by atoms with E-state index in [-0.39, 0.29) is 5.82 Å². The molecule has 0 radical (unpaired) electrons. The summed E-state index contributed by atoms with van der Waals surface area (Å²) in [5, 5.41) is 29.7. The van der Waals surface area contributed by atoms with Gasteiger partial charge >= 0.3 is 11.9 Å². The van der Waals surface area contributed by atoms with Gasteiger partial charge in [-0.2, -0.15) is 0 Å². The molecule has 3 N–H and O–H groups in total. The molecule has 0 fully saturated rings. The van der Waals surface area contributed by atoms with Crippen molar-refractivity contribution in [1.29, 1.82) is 0 Å². The summed E-state index contributed by atoms with van der Waals surface area (Å²) in [6.07, 6.45) is 3.85. The van der Waals surface area contributed by atoms with Gasteiger partial charge in [0.2, 0.25) is 0 Å². The van der Waals surface area contributed by atoms with Crippen molar-refractivity contribution in [2.75, 3.05) is 0 Å². The summed E-state index contributed by atoms with van der Waals surface area (Å²) in [5.74, 6) is -4.02. The zero-order valence-electron chi connectivity index (χ0n) is 14.9. The number of carboxylic acids is 2. The highest BCUT2D eigenvalue weighted by Crippen LogP contribution is 2.44. The van der Waals surface area contributed by atoms with Crippen molar-refractivity contribution < 1.29 is 29.3 Å². The Hall–Kier alpha value is -2.71. The van der Waals surface area contributed by atoms with E-state index in [4.69, 9.17) is 0 Å². The maximum atomic E-state index is 13.0. The van der Waals surface area contributed by atoms with E-state index in [0.717, 1.165) is 9.79 Å². The standard InChI is InChI=1S/C20H18FNO5S/c1-19(17(23)24)9-8-15(20(27,11-19)18(25)26)16-7-6-14(10-22-16)28-13-4-2-12(21)3-5-13/h2-10,15,27H,11H2,1H3,(H,23,24)(H,25,26). The largest absolute Gasteiger partial charge is 0.481 e. The third kappa shape index (κ3) is 3.79. The third-order valence-corrected chi connectivity index (χ3v) is 5.78. The minimum Gasteiger partial charge on any atom is -0.481 e. The van der Waals surface area contributed by atoms with Crippen LogP contribution in [0.2, 0.25) is 0 Å². The second kappa shape index (κ2) is 7.37. The van der Waals surface area contributed by atoms with Crippen LogP contribution in [0.4, 0.5) is 4.39 Å². The number of carbonyl (C=O) groups is 2. The summed E-state index contributed by atoms with van der Waals surface area (Å²) in [7, 11) is 0. The lowest BCUT2D eigenvalue weighted by Gasteiger charge is -2.39. The van der Waals surface area contributed by atoms with Crippen LogP contribution >= 0.6 is 11.8 Å². The van der Waals surface area contributed by atoms with E-state index >= 15 is 0 Å². The van der Waals surface area contributed by atoms with Crippen LogP contribution in [-0.2, 0) is 9.59 Å². The minimum absolute atomic E-state index is 0.317. The Labute approximate surface area is 164 Å². The number of pyridine rings is 1. The van der Waals surface area contributed by atoms with Crippen molar-refractivity contribution in [2.24, 2.45) is 5.41 Å². The van der Waals surface area contributed by atoms with Crippen LogP contribution in [0.25, 0.3) is 0 Å². The van der Waals surface area contributed by atoms with Gasteiger partial charge in [0, 0.05) is 22.4 Å². The first-order valence-electron chi connectivity index (χ1n) is 8.42. The van der Waals surface area contributed by atoms with Gasteiger partial charge in [-0.15, -0.1) is 0 Å². The Morgan fingerprint density at radius 1 is 1.11 bits per heavy atom. The second-order valence-electron chi connectivity index (χ2n) is 6.94. The maximum Gasteiger partial charge on any atom is 0.336 e. The lowest BCUT2D eigenvalue weighted by atomic mass is 9.67. The van der Waals surface area contributed by atoms with E-state index in [1.807, 2.05) is 0 Å². The average molecular weight is 403 g/mol. The van der Waals surface area contributed by atoms with Gasteiger partial charge in [0.25, 0.3) is 0 Å². The van der Waals surface area contributed by atoms with Crippen LogP contribution in [0.1, 0.15) is 25.0 Å². The lowest BCUT2D eigenvalue weighted by Crippen LogP contribution is -2.51. The van der Waals surface area contributed by atoms with Crippen LogP contribution < -0.4 is 0 Å². The number of aliphatic hydroxyl groups is 1. The van der Waals surface area contributed by atoms with Crippen molar-refractivity contribution in [3.05, 3.63) is 66.3 Å². The number of carboxylic acid groups (broad SMARTS) is 2. The number of benzene rings is 1. The molecule has 1 heterocycles. The molecule has 0 saturated heterocycles. The van der Waals surface area contributed by atoms with Gasteiger partial charge < -0.3 is 15.3 Å². The van der Waals surface area contributed by atoms with Gasteiger partial charge in [0.1, 0.15) is 5.82 Å². The summed E-state index contributed by atoms with van der Waals surface area (Å²) >= 11 is 1.36. The smallest absolute Gasteiger partial charge is 0.336 e. The molecule has 3 rings (SSSR count). The lowest BCUT2D eigenvalue weighted by molar-refractivity contribution is -0.167. The fourth-order valence-corrected chi connectivity index (χ4v) is 3.96. The Balaban J connectivity index is 1.88. The van der Waals surface area contributed by atoms with E-state index < -0.39 is 35.3 Å². The van der Waals surface area contributed by atoms with Crippen molar-refractivity contribution in [3.8, 4) is 0 Å². The van der Waals surface area contributed by atoms with Crippen molar-refractivity contribution in [1.82, 2.24) is 4.98 Å². The van der Waals surface area contributed by atoms with Crippen LogP contribution in [0, 0.1) is 11.2 Å². The SMILES string of the molecule is CC1(C(=O)O)C=CC(c2ccc(Sc3ccc(F)cc3)cn2)C(O)(C(=O)O)C1. The van der Waals surface area contributed by atoms with Gasteiger partial charge in [-0.1, -0.05) is 23.9 Å². The number of hydrogen-bond donors (Lipinski definition) is 3. The van der Waals surface area contributed by atoms with Crippen LogP contribution in [-0.4, -0.2) is 37.8 Å². The normalized spacial score (nSPS) is 26.8. The molecular weight excluding hydrogens is 385 g/mol. The minimum atomic E-state index is -2.29. The molecule has 6 nitrogen and oxygen atoms in total. The number of rotatable bonds is 5. The molecule has 0 aliphatic heterocycles. The number of hydrogen-bond acceptors (Lipinski definition) is 5. The quantitative estimate of drug-likeness (QED) is 0.657. The summed E-state index contributed by atoms with van der Waals surface area (Å²) in [6.45, 7) is 1.37. The molecule has 146 valence electrons. The Morgan fingerprint density at radius 2 is 1.75 bits per heavy atom. The van der Waals surface area contributed by atoms with Crippen LogP contribution in [0.15, 0.2) is 64.5 Å². The molecule has 2 aromatic rings. The molecule has 0 saturated carbocycles. The number of aliphatic carboxylic acids is 2. The van der Waals surface area contributed by atoms with Crippen molar-refractivity contribution >= 4 is 23.7 Å². The van der Waals surface area contributed by atoms with E-state index in [1.165, 1.54) is 49.2 Å². The second-order valence-corrected chi connectivity index (χ2v) is 8.09. The fraction of sp³-hybridized carbons (Fsp3) is 0.250. The predicted octanol–water partition coefficient (Wildman–Crippen LogP) is 3.32. The topological polar surface area (TPSA) is 108 Å². The molecule has 0 amide bonds. The maximum absolute atomic E-state index is 13.0. The van der Waals surface area contributed by atoms with E-state index in [1.54, 1.807) is 24.3 Å². The molecule has 3 atom stereocenters. The zero-order chi connectivity index (χ0) is 20.5. The van der Waals surface area contributed by atoms with E-state index in [9.17, 15) is 29.3 Å². The fourth-order valence-electron chi connectivity index (χ4n) is 3.17. The van der Waals surface area contributed by atoms with Gasteiger partial charge in [0.05, 0.1) is 17.0 Å². The van der Waals surface area contributed by atoms with Crippen LogP contribution in [0.3, 0.4) is 0 Å². The van der Waals surface area contributed by atoms with E-state index in [2.05, 4.69) is 4.98 Å². The summed E-state index contributed by atoms with van der Waals surface area (Å²) in [5.41, 5.74) is -3.46. The van der Waals surface area contributed by atoms with Gasteiger partial charge in [-0.05, 0) is 43.3 Å². The molecule has 28 heavy (non-hydrogen) atoms. The molecule has 0 spiro atoms. The molecule has 1 aromatic heterocycles. The Bertz CT molecular complexity index is 931. The predicted molar refractivity (Wildman–Crippen MR) is 99.6 cm³/mol. The molecule has 1 aliphatic carbocycles. The molecular formula is C20H18FNO5S. The van der Waals surface area contributed by atoms with E-state index in [0.29, 0.717) is 5.69 Å². The van der Waals surface area contributed by atoms with Gasteiger partial charge in [0.15, 0.2) is 5.60 Å². The summed E-state index contributed by atoms with van der Waals surface area (Å²) < 4.78 is 13.0. The van der Waals surface area contributed by atoms with Gasteiger partial charge in [-0.3, -0.25) is 9.78 Å². The molecule has 8 heteroatoms. The molecule has 1 aliphatic rings. The number of aromatic nitrogens is 1. The molecule has 1 aromatic carbocycles. The monoisotopic (exact) mass is 403 g/mol. The van der Waals surface area contributed by atoms with Crippen LogP contribution in [0.5, 0.6) is 0 Å². The Morgan fingerprint density at radius 3 is 2.29 bits per heavy atom. The summed E-state index contributed by atoms with van der Waals surface area (Å²) in [6, 6.07) is 9.28.